The Hall–Kier alpha value is -1.20. The Labute approximate surface area is 116 Å². The monoisotopic (exact) mass is 280 g/mol. The van der Waals surface area contributed by atoms with E-state index in [1.54, 1.807) is 6.26 Å². The van der Waals surface area contributed by atoms with Crippen LogP contribution < -0.4 is 10.6 Å². The molecule has 1 aliphatic heterocycles. The molecule has 2 rings (SSSR count). The number of nitrogens with one attached hydrogen (secondary N) is 2. The number of carbonyl (C=O) groups excluding carboxylic acids is 1. The van der Waals surface area contributed by atoms with E-state index in [2.05, 4.69) is 10.6 Å². The van der Waals surface area contributed by atoms with Crippen molar-refractivity contribution in [1.82, 2.24) is 10.6 Å². The minimum atomic E-state index is -0.805. The van der Waals surface area contributed by atoms with Crippen molar-refractivity contribution in [1.29, 1.82) is 0 Å². The Balaban J connectivity index is 1.94. The number of hydrogen-bond acceptors (Lipinski definition) is 3. The molecule has 0 saturated carbocycles. The van der Waals surface area contributed by atoms with Crippen LogP contribution in [-0.2, 0) is 23.9 Å². The van der Waals surface area contributed by atoms with Gasteiger partial charge in [0, 0.05) is 47.5 Å². The second-order valence-electron chi connectivity index (χ2n) is 5.03. The molecule has 0 aromatic heterocycles. The third kappa shape index (κ3) is 3.88. The highest BCUT2D eigenvalue weighted by Gasteiger charge is 2.14. The second-order valence-corrected chi connectivity index (χ2v) is 6.58. The van der Waals surface area contributed by atoms with Crippen molar-refractivity contribution >= 4 is 16.7 Å². The lowest BCUT2D eigenvalue weighted by Gasteiger charge is -2.13. The first kappa shape index (κ1) is 14.2. The summed E-state index contributed by atoms with van der Waals surface area (Å²) in [7, 11) is -0.805. The molecular formula is C14H20N2O2S. The molecule has 5 heteroatoms. The summed E-state index contributed by atoms with van der Waals surface area (Å²) in [5.74, 6) is 0.569. The van der Waals surface area contributed by atoms with Crippen LogP contribution in [0.4, 0.5) is 0 Å². The van der Waals surface area contributed by atoms with E-state index in [1.165, 1.54) is 11.1 Å². The summed E-state index contributed by atoms with van der Waals surface area (Å²) in [6, 6.07) is 5.87. The molecule has 1 aliphatic rings. The van der Waals surface area contributed by atoms with Crippen LogP contribution in [0.25, 0.3) is 0 Å². The first-order chi connectivity index (χ1) is 9.06. The predicted octanol–water partition coefficient (Wildman–Crippen LogP) is 1.18. The standard InChI is InChI=1S/C14H20N2O2S/c1-10(5-6-19(2)18)16-14(17)11-3-4-12-8-15-9-13(12)7-11/h3-4,7,10,15H,5-6,8-9H2,1-2H3,(H,16,17). The van der Waals surface area contributed by atoms with Crippen LogP contribution in [0.1, 0.15) is 34.8 Å². The molecule has 1 heterocycles. The van der Waals surface area contributed by atoms with Gasteiger partial charge in [0.05, 0.1) is 0 Å². The van der Waals surface area contributed by atoms with Crippen LogP contribution in [0.5, 0.6) is 0 Å². The van der Waals surface area contributed by atoms with Crippen molar-refractivity contribution < 1.29 is 9.00 Å². The zero-order valence-electron chi connectivity index (χ0n) is 11.4. The fraction of sp³-hybridized carbons (Fsp3) is 0.500. The zero-order chi connectivity index (χ0) is 13.8. The molecule has 0 spiro atoms. The SMILES string of the molecule is CC(CCS(C)=O)NC(=O)c1ccc2c(c1)CNC2. The third-order valence-corrected chi connectivity index (χ3v) is 4.13. The third-order valence-electron chi connectivity index (χ3n) is 3.32. The van der Waals surface area contributed by atoms with E-state index in [1.807, 2.05) is 25.1 Å². The molecule has 0 fully saturated rings. The molecule has 1 aromatic rings. The second kappa shape index (κ2) is 6.30. The van der Waals surface area contributed by atoms with E-state index in [0.717, 1.165) is 19.5 Å². The average molecular weight is 280 g/mol. The van der Waals surface area contributed by atoms with Gasteiger partial charge in [0.25, 0.3) is 5.91 Å². The van der Waals surface area contributed by atoms with Gasteiger partial charge in [-0.25, -0.2) is 0 Å². The highest BCUT2D eigenvalue weighted by molar-refractivity contribution is 7.84. The maximum absolute atomic E-state index is 12.1. The molecule has 104 valence electrons. The van der Waals surface area contributed by atoms with Gasteiger partial charge in [-0.2, -0.15) is 0 Å². The summed E-state index contributed by atoms with van der Waals surface area (Å²) in [6.45, 7) is 3.66. The lowest BCUT2D eigenvalue weighted by atomic mass is 10.1. The summed E-state index contributed by atoms with van der Waals surface area (Å²) in [4.78, 5) is 12.1. The van der Waals surface area contributed by atoms with Crippen LogP contribution in [0, 0.1) is 0 Å². The summed E-state index contributed by atoms with van der Waals surface area (Å²) >= 11 is 0. The van der Waals surface area contributed by atoms with Crippen LogP contribution >= 0.6 is 0 Å². The molecule has 19 heavy (non-hydrogen) atoms. The minimum absolute atomic E-state index is 0.0442. The van der Waals surface area contributed by atoms with E-state index in [0.29, 0.717) is 11.3 Å². The molecule has 2 unspecified atom stereocenters. The van der Waals surface area contributed by atoms with Gasteiger partial charge in [0.1, 0.15) is 0 Å². The van der Waals surface area contributed by atoms with Crippen molar-refractivity contribution in [2.24, 2.45) is 0 Å². The van der Waals surface area contributed by atoms with Crippen molar-refractivity contribution in [3.05, 3.63) is 34.9 Å². The highest BCUT2D eigenvalue weighted by Crippen LogP contribution is 2.17. The van der Waals surface area contributed by atoms with Gasteiger partial charge in [-0.1, -0.05) is 6.07 Å². The predicted molar refractivity (Wildman–Crippen MR) is 77.5 cm³/mol. The summed E-state index contributed by atoms with van der Waals surface area (Å²) in [5.41, 5.74) is 3.17. The van der Waals surface area contributed by atoms with Gasteiger partial charge < -0.3 is 10.6 Å². The van der Waals surface area contributed by atoms with Crippen LogP contribution in [0.3, 0.4) is 0 Å². The summed E-state index contributed by atoms with van der Waals surface area (Å²) in [6.07, 6.45) is 2.42. The van der Waals surface area contributed by atoms with E-state index in [-0.39, 0.29) is 11.9 Å². The van der Waals surface area contributed by atoms with Crippen molar-refractivity contribution in [3.8, 4) is 0 Å². The highest BCUT2D eigenvalue weighted by atomic mass is 32.2. The fourth-order valence-corrected chi connectivity index (χ4v) is 2.84. The van der Waals surface area contributed by atoms with Crippen LogP contribution in [0.15, 0.2) is 18.2 Å². The van der Waals surface area contributed by atoms with E-state index in [9.17, 15) is 9.00 Å². The molecule has 0 saturated heterocycles. The zero-order valence-corrected chi connectivity index (χ0v) is 12.2. The number of amides is 1. The van der Waals surface area contributed by atoms with E-state index < -0.39 is 10.8 Å². The maximum atomic E-state index is 12.1. The van der Waals surface area contributed by atoms with E-state index >= 15 is 0 Å². The van der Waals surface area contributed by atoms with Gasteiger partial charge in [0.15, 0.2) is 0 Å². The lowest BCUT2D eigenvalue weighted by molar-refractivity contribution is 0.0939. The number of fused-ring (bicyclic) bond motifs is 1. The summed E-state index contributed by atoms with van der Waals surface area (Å²) < 4.78 is 11.0. The van der Waals surface area contributed by atoms with Gasteiger partial charge >= 0.3 is 0 Å². The molecule has 1 aromatic carbocycles. The Morgan fingerprint density at radius 2 is 2.16 bits per heavy atom. The van der Waals surface area contributed by atoms with Gasteiger partial charge in [-0.15, -0.1) is 0 Å². The molecule has 0 bridgehead atoms. The number of benzene rings is 1. The lowest BCUT2D eigenvalue weighted by Crippen LogP contribution is -2.33. The normalized spacial score (nSPS) is 16.7. The van der Waals surface area contributed by atoms with Crippen LogP contribution in [-0.4, -0.2) is 28.2 Å². The minimum Gasteiger partial charge on any atom is -0.350 e. The van der Waals surface area contributed by atoms with Crippen molar-refractivity contribution in [2.45, 2.75) is 32.5 Å². The van der Waals surface area contributed by atoms with E-state index in [4.69, 9.17) is 0 Å². The number of rotatable bonds is 5. The largest absolute Gasteiger partial charge is 0.350 e. The maximum Gasteiger partial charge on any atom is 0.251 e. The van der Waals surface area contributed by atoms with Crippen molar-refractivity contribution in [2.75, 3.05) is 12.0 Å². The molecule has 2 N–H and O–H groups in total. The van der Waals surface area contributed by atoms with Gasteiger partial charge in [0.2, 0.25) is 0 Å². The Morgan fingerprint density at radius 1 is 1.42 bits per heavy atom. The fourth-order valence-electron chi connectivity index (χ4n) is 2.16. The average Bonchev–Trinajstić information content (AvgIpc) is 2.83. The molecule has 1 amide bonds. The topological polar surface area (TPSA) is 58.2 Å². The molecule has 0 aliphatic carbocycles. The first-order valence-corrected chi connectivity index (χ1v) is 8.22. The Kier molecular flexibility index (Phi) is 4.71. The molecule has 2 atom stereocenters. The molecule has 4 nitrogen and oxygen atoms in total. The van der Waals surface area contributed by atoms with Crippen molar-refractivity contribution in [3.63, 3.8) is 0 Å². The smallest absolute Gasteiger partial charge is 0.251 e. The molecule has 0 radical (unpaired) electrons. The molecular weight excluding hydrogens is 260 g/mol. The van der Waals surface area contributed by atoms with Gasteiger partial charge in [-0.05, 0) is 36.6 Å². The summed E-state index contributed by atoms with van der Waals surface area (Å²) in [5, 5.41) is 6.21. The Bertz CT molecular complexity index is 502. The Morgan fingerprint density at radius 3 is 2.89 bits per heavy atom. The number of carbonyl (C=O) groups is 1. The van der Waals surface area contributed by atoms with Gasteiger partial charge in [-0.3, -0.25) is 9.00 Å². The number of hydrogen-bond donors (Lipinski definition) is 2. The van der Waals surface area contributed by atoms with Crippen LogP contribution in [0.2, 0.25) is 0 Å². The quantitative estimate of drug-likeness (QED) is 0.851. The first-order valence-electron chi connectivity index (χ1n) is 6.49.